The van der Waals surface area contributed by atoms with Gasteiger partial charge in [-0.2, -0.15) is 0 Å². The van der Waals surface area contributed by atoms with E-state index in [1.807, 2.05) is 18.2 Å². The number of carbonyl (C=O) groups excluding carboxylic acids is 2. The smallest absolute Gasteiger partial charge is 0.324 e. The molecule has 0 aliphatic carbocycles. The maximum atomic E-state index is 11.4. The Labute approximate surface area is 110 Å². The van der Waals surface area contributed by atoms with Gasteiger partial charge in [-0.25, -0.2) is 4.79 Å². The molecule has 2 heterocycles. The highest BCUT2D eigenvalue weighted by Gasteiger charge is 2.26. The third-order valence-electron chi connectivity index (χ3n) is 3.15. The summed E-state index contributed by atoms with van der Waals surface area (Å²) in [6, 6.07) is 5.43. The molecular weight excluding hydrogens is 248 g/mol. The normalized spacial score (nSPS) is 17.6. The molecule has 1 N–H and O–H groups in total. The van der Waals surface area contributed by atoms with Gasteiger partial charge in [0.2, 0.25) is 5.91 Å². The fourth-order valence-electron chi connectivity index (χ4n) is 2.17. The van der Waals surface area contributed by atoms with E-state index in [1.165, 1.54) is 4.90 Å². The number of nitrogens with one attached hydrogen (secondary N) is 1. The van der Waals surface area contributed by atoms with E-state index in [0.717, 1.165) is 17.1 Å². The van der Waals surface area contributed by atoms with Crippen LogP contribution in [-0.2, 0) is 11.2 Å². The lowest BCUT2D eigenvalue weighted by Crippen LogP contribution is -2.30. The zero-order valence-electron chi connectivity index (χ0n) is 10.3. The molecule has 19 heavy (non-hydrogen) atoms. The third kappa shape index (κ3) is 2.47. The number of rotatable bonds is 3. The number of ether oxygens (including phenoxy) is 2. The summed E-state index contributed by atoms with van der Waals surface area (Å²) < 4.78 is 10.9. The van der Waals surface area contributed by atoms with Crippen molar-refractivity contribution in [2.75, 3.05) is 26.3 Å². The highest BCUT2D eigenvalue weighted by molar-refractivity contribution is 6.01. The van der Waals surface area contributed by atoms with Crippen LogP contribution < -0.4 is 14.8 Å². The van der Waals surface area contributed by atoms with Crippen LogP contribution in [0.3, 0.4) is 0 Å². The summed E-state index contributed by atoms with van der Waals surface area (Å²) in [7, 11) is 0. The van der Waals surface area contributed by atoms with E-state index in [9.17, 15) is 9.59 Å². The molecule has 3 amide bonds. The van der Waals surface area contributed by atoms with Crippen LogP contribution >= 0.6 is 0 Å². The van der Waals surface area contributed by atoms with Crippen molar-refractivity contribution in [2.24, 2.45) is 0 Å². The van der Waals surface area contributed by atoms with Crippen molar-refractivity contribution in [2.45, 2.75) is 6.42 Å². The van der Waals surface area contributed by atoms with Crippen molar-refractivity contribution in [3.63, 3.8) is 0 Å². The molecule has 0 atom stereocenters. The van der Waals surface area contributed by atoms with E-state index < -0.39 is 0 Å². The second-order valence-electron chi connectivity index (χ2n) is 4.50. The van der Waals surface area contributed by atoms with Crippen molar-refractivity contribution < 1.29 is 19.1 Å². The first kappa shape index (κ1) is 11.8. The molecule has 6 nitrogen and oxygen atoms in total. The molecule has 0 unspecified atom stereocenters. The Kier molecular flexibility index (Phi) is 2.98. The zero-order chi connectivity index (χ0) is 13.2. The van der Waals surface area contributed by atoms with E-state index >= 15 is 0 Å². The maximum absolute atomic E-state index is 11.4. The molecule has 0 radical (unpaired) electrons. The molecule has 6 heteroatoms. The molecule has 0 bridgehead atoms. The lowest BCUT2D eigenvalue weighted by molar-refractivity contribution is -0.118. The average Bonchev–Trinajstić information content (AvgIpc) is 2.74. The van der Waals surface area contributed by atoms with Gasteiger partial charge in [-0.1, -0.05) is 6.07 Å². The monoisotopic (exact) mass is 262 g/mol. The number of urea groups is 1. The predicted molar refractivity (Wildman–Crippen MR) is 66.2 cm³/mol. The minimum Gasteiger partial charge on any atom is -0.486 e. The summed E-state index contributed by atoms with van der Waals surface area (Å²) in [5.41, 5.74) is 1.05. The number of carbonyl (C=O) groups is 2. The molecule has 100 valence electrons. The van der Waals surface area contributed by atoms with Crippen LogP contribution in [0.25, 0.3) is 0 Å². The molecule has 1 fully saturated rings. The number of hydrogen-bond donors (Lipinski definition) is 1. The Morgan fingerprint density at radius 1 is 1.16 bits per heavy atom. The molecule has 0 spiro atoms. The van der Waals surface area contributed by atoms with Gasteiger partial charge in [0.25, 0.3) is 0 Å². The first-order chi connectivity index (χ1) is 9.22. The molecule has 1 saturated heterocycles. The van der Waals surface area contributed by atoms with Gasteiger partial charge in [-0.15, -0.1) is 0 Å². The summed E-state index contributed by atoms with van der Waals surface area (Å²) >= 11 is 0. The number of fused-ring (bicyclic) bond motifs is 1. The Morgan fingerprint density at radius 2 is 1.95 bits per heavy atom. The van der Waals surface area contributed by atoms with Gasteiger partial charge in [0.05, 0.1) is 0 Å². The van der Waals surface area contributed by atoms with Crippen molar-refractivity contribution in [1.29, 1.82) is 0 Å². The van der Waals surface area contributed by atoms with Crippen LogP contribution in [-0.4, -0.2) is 43.1 Å². The van der Waals surface area contributed by atoms with Gasteiger partial charge >= 0.3 is 6.03 Å². The van der Waals surface area contributed by atoms with Gasteiger partial charge < -0.3 is 14.4 Å². The van der Waals surface area contributed by atoms with E-state index in [2.05, 4.69) is 5.32 Å². The Morgan fingerprint density at radius 3 is 2.68 bits per heavy atom. The van der Waals surface area contributed by atoms with E-state index in [0.29, 0.717) is 26.2 Å². The zero-order valence-corrected chi connectivity index (χ0v) is 10.3. The van der Waals surface area contributed by atoms with Crippen molar-refractivity contribution >= 4 is 11.9 Å². The molecule has 2 aliphatic rings. The van der Waals surface area contributed by atoms with Gasteiger partial charge in [0, 0.05) is 6.54 Å². The van der Waals surface area contributed by atoms with Crippen molar-refractivity contribution in [1.82, 2.24) is 10.2 Å². The van der Waals surface area contributed by atoms with Crippen LogP contribution in [0, 0.1) is 0 Å². The minimum absolute atomic E-state index is 0.142. The number of imide groups is 1. The number of hydrogen-bond acceptors (Lipinski definition) is 4. The van der Waals surface area contributed by atoms with Crippen LogP contribution in [0.1, 0.15) is 5.56 Å². The highest BCUT2D eigenvalue weighted by Crippen LogP contribution is 2.30. The second-order valence-corrected chi connectivity index (χ2v) is 4.50. The fourth-order valence-corrected chi connectivity index (χ4v) is 2.17. The second kappa shape index (κ2) is 4.79. The number of nitrogens with zero attached hydrogens (tertiary/aromatic N) is 1. The van der Waals surface area contributed by atoms with Gasteiger partial charge in [-0.05, 0) is 24.1 Å². The third-order valence-corrected chi connectivity index (χ3v) is 3.15. The van der Waals surface area contributed by atoms with Crippen LogP contribution in [0.4, 0.5) is 4.79 Å². The molecule has 0 saturated carbocycles. The van der Waals surface area contributed by atoms with Gasteiger partial charge in [0.15, 0.2) is 11.5 Å². The topological polar surface area (TPSA) is 67.9 Å². The first-order valence-electron chi connectivity index (χ1n) is 6.20. The quantitative estimate of drug-likeness (QED) is 0.808. The SMILES string of the molecule is O=C1CN(CCc2ccc3c(c2)OCCO3)C(=O)N1. The Bertz CT molecular complexity index is 529. The average molecular weight is 262 g/mol. The summed E-state index contributed by atoms with van der Waals surface area (Å²) in [5, 5.41) is 2.26. The van der Waals surface area contributed by atoms with Crippen molar-refractivity contribution in [3.05, 3.63) is 23.8 Å². The minimum atomic E-state index is -0.317. The van der Waals surface area contributed by atoms with Crippen LogP contribution in [0.5, 0.6) is 11.5 Å². The Hall–Kier alpha value is -2.24. The first-order valence-corrected chi connectivity index (χ1v) is 6.20. The number of amides is 3. The molecule has 1 aromatic rings. The Balaban J connectivity index is 1.64. The fraction of sp³-hybridized carbons (Fsp3) is 0.385. The molecule has 0 aromatic heterocycles. The molecule has 3 rings (SSSR count). The lowest BCUT2D eigenvalue weighted by Gasteiger charge is -2.19. The molecule has 2 aliphatic heterocycles. The van der Waals surface area contributed by atoms with Crippen LogP contribution in [0.2, 0.25) is 0 Å². The van der Waals surface area contributed by atoms with E-state index in [1.54, 1.807) is 0 Å². The molecule has 1 aromatic carbocycles. The predicted octanol–water partition coefficient (Wildman–Crippen LogP) is 0.552. The standard InChI is InChI=1S/C13H14N2O4/c16-12-8-15(13(17)14-12)4-3-9-1-2-10-11(7-9)19-6-5-18-10/h1-2,7H,3-6,8H2,(H,14,16,17). The summed E-state index contributed by atoms with van der Waals surface area (Å²) in [6.45, 7) is 1.78. The summed E-state index contributed by atoms with van der Waals surface area (Å²) in [6.07, 6.45) is 0.678. The number of benzene rings is 1. The summed E-state index contributed by atoms with van der Waals surface area (Å²) in [5.74, 6) is 1.25. The highest BCUT2D eigenvalue weighted by atomic mass is 16.6. The summed E-state index contributed by atoms with van der Waals surface area (Å²) in [4.78, 5) is 23.9. The van der Waals surface area contributed by atoms with E-state index in [-0.39, 0.29) is 18.5 Å². The van der Waals surface area contributed by atoms with Crippen LogP contribution in [0.15, 0.2) is 18.2 Å². The van der Waals surface area contributed by atoms with E-state index in [4.69, 9.17) is 9.47 Å². The lowest BCUT2D eigenvalue weighted by atomic mass is 10.1. The molecular formula is C13H14N2O4. The van der Waals surface area contributed by atoms with Crippen molar-refractivity contribution in [3.8, 4) is 11.5 Å². The van der Waals surface area contributed by atoms with Gasteiger partial charge in [-0.3, -0.25) is 10.1 Å². The van der Waals surface area contributed by atoms with Gasteiger partial charge in [0.1, 0.15) is 19.8 Å². The largest absolute Gasteiger partial charge is 0.486 e. The maximum Gasteiger partial charge on any atom is 0.324 e.